The van der Waals surface area contributed by atoms with Gasteiger partial charge in [0.25, 0.3) is 0 Å². The van der Waals surface area contributed by atoms with Gasteiger partial charge in [0, 0.05) is 10.6 Å². The Morgan fingerprint density at radius 1 is 1.44 bits per heavy atom. The molecule has 0 atom stereocenters. The van der Waals surface area contributed by atoms with E-state index in [9.17, 15) is 4.79 Å². The largest absolute Gasteiger partial charge is 0.495 e. The highest BCUT2D eigenvalue weighted by atomic mass is 35.5. The van der Waals surface area contributed by atoms with E-state index >= 15 is 0 Å². The van der Waals surface area contributed by atoms with E-state index in [1.165, 1.54) is 7.11 Å². The van der Waals surface area contributed by atoms with Crippen molar-refractivity contribution in [1.29, 1.82) is 0 Å². The molecule has 0 bridgehead atoms. The minimum Gasteiger partial charge on any atom is -0.495 e. The lowest BCUT2D eigenvalue weighted by atomic mass is 10.0. The number of hydrogen-bond donors (Lipinski definition) is 1. The minimum atomic E-state index is -0.881. The summed E-state index contributed by atoms with van der Waals surface area (Å²) in [6, 6.07) is 3.32. The maximum absolute atomic E-state index is 10.6. The maximum atomic E-state index is 10.6. The summed E-state index contributed by atoms with van der Waals surface area (Å²) < 4.78 is 5.24. The molecule has 1 aromatic carbocycles. The van der Waals surface area contributed by atoms with Crippen molar-refractivity contribution >= 4 is 34.7 Å². The molecular formula is C13H14Cl2O3. The van der Waals surface area contributed by atoms with Gasteiger partial charge in [-0.25, -0.2) is 0 Å². The number of hydrogen-bond acceptors (Lipinski definition) is 2. The molecule has 1 rings (SSSR count). The van der Waals surface area contributed by atoms with Crippen LogP contribution >= 0.6 is 23.2 Å². The predicted octanol–water partition coefficient (Wildman–Crippen LogP) is 4.27. The van der Waals surface area contributed by atoms with Crippen molar-refractivity contribution in [2.75, 3.05) is 7.11 Å². The van der Waals surface area contributed by atoms with E-state index in [1.807, 2.05) is 6.92 Å². The Balaban J connectivity index is 3.27. The summed E-state index contributed by atoms with van der Waals surface area (Å²) in [6.45, 7) is 1.93. The number of ether oxygens (including phenoxy) is 1. The fourth-order valence-electron chi connectivity index (χ4n) is 1.66. The molecule has 3 nitrogen and oxygen atoms in total. The first kappa shape index (κ1) is 14.9. The van der Waals surface area contributed by atoms with Gasteiger partial charge in [-0.2, -0.15) is 0 Å². The smallest absolute Gasteiger partial charge is 0.307 e. The molecule has 0 spiro atoms. The molecule has 1 N–H and O–H groups in total. The van der Waals surface area contributed by atoms with Gasteiger partial charge in [0.05, 0.1) is 18.6 Å². The number of carbonyl (C=O) groups is 1. The van der Waals surface area contributed by atoms with Gasteiger partial charge in [0.2, 0.25) is 0 Å². The van der Waals surface area contributed by atoms with Crippen molar-refractivity contribution in [2.45, 2.75) is 19.8 Å². The number of carboxylic acids is 1. The number of rotatable bonds is 5. The highest BCUT2D eigenvalue weighted by Gasteiger charge is 2.13. The van der Waals surface area contributed by atoms with Crippen LogP contribution in [0.2, 0.25) is 10.0 Å². The second kappa shape index (κ2) is 6.66. The standard InChI is InChI=1S/C13H14Cl2O3/c1-3-8(4-5-12(16)17)10-6-9(14)7-11(15)13(10)18-2/h4,6-7H,3,5H2,1-2H3,(H,16,17)/b8-4+. The first-order valence-electron chi connectivity index (χ1n) is 5.43. The zero-order chi connectivity index (χ0) is 13.7. The van der Waals surface area contributed by atoms with Crippen molar-refractivity contribution in [3.05, 3.63) is 33.8 Å². The maximum Gasteiger partial charge on any atom is 0.307 e. The van der Waals surface area contributed by atoms with Crippen LogP contribution < -0.4 is 4.74 Å². The summed E-state index contributed by atoms with van der Waals surface area (Å²) in [7, 11) is 1.52. The first-order valence-corrected chi connectivity index (χ1v) is 6.19. The SMILES string of the molecule is CC/C(=C\CC(=O)O)c1cc(Cl)cc(Cl)c1OC. The second-order valence-corrected chi connectivity index (χ2v) is 4.49. The average Bonchev–Trinajstić information content (AvgIpc) is 2.29. The fourth-order valence-corrected chi connectivity index (χ4v) is 2.23. The summed E-state index contributed by atoms with van der Waals surface area (Å²) in [6.07, 6.45) is 2.27. The molecule has 0 aromatic heterocycles. The Kier molecular flexibility index (Phi) is 5.51. The third kappa shape index (κ3) is 3.65. The van der Waals surface area contributed by atoms with Crippen molar-refractivity contribution in [3.63, 3.8) is 0 Å². The van der Waals surface area contributed by atoms with Crippen molar-refractivity contribution in [1.82, 2.24) is 0 Å². The lowest BCUT2D eigenvalue weighted by Gasteiger charge is -2.13. The molecule has 0 aliphatic carbocycles. The van der Waals surface area contributed by atoms with E-state index in [4.69, 9.17) is 33.0 Å². The fraction of sp³-hybridized carbons (Fsp3) is 0.308. The van der Waals surface area contributed by atoms with E-state index < -0.39 is 5.97 Å². The molecule has 0 fully saturated rings. The first-order chi connectivity index (χ1) is 8.49. The van der Waals surface area contributed by atoms with E-state index in [2.05, 4.69) is 0 Å². The van der Waals surface area contributed by atoms with Crippen LogP contribution in [0.5, 0.6) is 5.75 Å². The summed E-state index contributed by atoms with van der Waals surface area (Å²) >= 11 is 12.0. The number of benzene rings is 1. The van der Waals surface area contributed by atoms with E-state index in [0.717, 1.165) is 11.1 Å². The number of aliphatic carboxylic acids is 1. The van der Waals surface area contributed by atoms with Crippen LogP contribution in [0.15, 0.2) is 18.2 Å². The zero-order valence-electron chi connectivity index (χ0n) is 10.2. The van der Waals surface area contributed by atoms with Gasteiger partial charge in [-0.05, 0) is 24.1 Å². The molecule has 5 heteroatoms. The van der Waals surface area contributed by atoms with Crippen molar-refractivity contribution in [3.8, 4) is 5.75 Å². The quantitative estimate of drug-likeness (QED) is 0.880. The Morgan fingerprint density at radius 3 is 2.61 bits per heavy atom. The van der Waals surface area contributed by atoms with E-state index in [0.29, 0.717) is 22.2 Å². The molecule has 18 heavy (non-hydrogen) atoms. The summed E-state index contributed by atoms with van der Waals surface area (Å²) in [5.41, 5.74) is 1.58. The van der Waals surface area contributed by atoms with Gasteiger partial charge < -0.3 is 9.84 Å². The Labute approximate surface area is 116 Å². The third-order valence-corrected chi connectivity index (χ3v) is 2.96. The van der Waals surface area contributed by atoms with Crippen LogP contribution in [-0.4, -0.2) is 18.2 Å². The normalized spacial score (nSPS) is 11.4. The molecule has 0 saturated heterocycles. The van der Waals surface area contributed by atoms with Crippen LogP contribution in [-0.2, 0) is 4.79 Å². The summed E-state index contributed by atoms with van der Waals surface area (Å²) in [4.78, 5) is 10.6. The van der Waals surface area contributed by atoms with Crippen LogP contribution in [0.3, 0.4) is 0 Å². The summed E-state index contributed by atoms with van der Waals surface area (Å²) in [5.74, 6) is -0.368. The van der Waals surface area contributed by atoms with Crippen LogP contribution in [0.25, 0.3) is 5.57 Å². The van der Waals surface area contributed by atoms with Gasteiger partial charge in [0.1, 0.15) is 5.75 Å². The Hall–Kier alpha value is -1.19. The van der Waals surface area contributed by atoms with Crippen LogP contribution in [0.4, 0.5) is 0 Å². The minimum absolute atomic E-state index is 0.0452. The highest BCUT2D eigenvalue weighted by molar-refractivity contribution is 6.36. The molecule has 98 valence electrons. The molecule has 0 heterocycles. The Bertz CT molecular complexity index is 481. The van der Waals surface area contributed by atoms with Gasteiger partial charge in [0.15, 0.2) is 0 Å². The number of methoxy groups -OCH3 is 1. The van der Waals surface area contributed by atoms with Gasteiger partial charge >= 0.3 is 5.97 Å². The number of carboxylic acid groups (broad SMARTS) is 1. The number of allylic oxidation sites excluding steroid dienone is 1. The molecule has 0 aliphatic heterocycles. The van der Waals surface area contributed by atoms with Gasteiger partial charge in [-0.1, -0.05) is 36.2 Å². The second-order valence-electron chi connectivity index (χ2n) is 3.65. The molecule has 0 unspecified atom stereocenters. The molecule has 0 saturated carbocycles. The Morgan fingerprint density at radius 2 is 2.11 bits per heavy atom. The van der Waals surface area contributed by atoms with Gasteiger partial charge in [-0.3, -0.25) is 4.79 Å². The molecule has 1 aromatic rings. The van der Waals surface area contributed by atoms with E-state index in [-0.39, 0.29) is 6.42 Å². The van der Waals surface area contributed by atoms with Crippen LogP contribution in [0.1, 0.15) is 25.3 Å². The third-order valence-electron chi connectivity index (χ3n) is 2.46. The molecule has 0 radical (unpaired) electrons. The predicted molar refractivity (Wildman–Crippen MR) is 73.5 cm³/mol. The summed E-state index contributed by atoms with van der Waals surface area (Å²) in [5, 5.41) is 9.62. The van der Waals surface area contributed by atoms with Crippen molar-refractivity contribution < 1.29 is 14.6 Å². The molecular weight excluding hydrogens is 275 g/mol. The number of halogens is 2. The van der Waals surface area contributed by atoms with E-state index in [1.54, 1.807) is 18.2 Å². The zero-order valence-corrected chi connectivity index (χ0v) is 11.7. The van der Waals surface area contributed by atoms with Crippen molar-refractivity contribution in [2.24, 2.45) is 0 Å². The van der Waals surface area contributed by atoms with Crippen LogP contribution in [0, 0.1) is 0 Å². The average molecular weight is 289 g/mol. The molecule has 0 amide bonds. The monoisotopic (exact) mass is 288 g/mol. The topological polar surface area (TPSA) is 46.5 Å². The highest BCUT2D eigenvalue weighted by Crippen LogP contribution is 2.37. The lowest BCUT2D eigenvalue weighted by Crippen LogP contribution is -1.95. The molecule has 0 aliphatic rings. The van der Waals surface area contributed by atoms with Gasteiger partial charge in [-0.15, -0.1) is 0 Å². The lowest BCUT2D eigenvalue weighted by molar-refractivity contribution is -0.135.